The Bertz CT molecular complexity index is 292. The Balaban J connectivity index is 2.22. The fourth-order valence-corrected chi connectivity index (χ4v) is 2.33. The molecule has 0 saturated heterocycles. The van der Waals surface area contributed by atoms with Crippen LogP contribution in [0.4, 0.5) is 0 Å². The first-order valence-electron chi connectivity index (χ1n) is 4.79. The number of nitrogens with two attached hydrogens (primary N) is 1. The highest BCUT2D eigenvalue weighted by Gasteiger charge is 2.57. The van der Waals surface area contributed by atoms with Gasteiger partial charge in [0, 0.05) is 17.8 Å². The molecule has 1 aromatic rings. The van der Waals surface area contributed by atoms with Crippen molar-refractivity contribution in [3.8, 4) is 0 Å². The zero-order valence-electron chi connectivity index (χ0n) is 8.20. The molecule has 0 aromatic carbocycles. The number of pyridine rings is 1. The van der Waals surface area contributed by atoms with Crippen molar-refractivity contribution in [2.75, 3.05) is 6.54 Å². The van der Waals surface area contributed by atoms with Gasteiger partial charge in [-0.05, 0) is 30.0 Å². The SMILES string of the molecule is CC1(C)[C@@H](CN)[C@@H]1c1ccccn1. The van der Waals surface area contributed by atoms with Crippen LogP contribution in [0.15, 0.2) is 24.4 Å². The second-order valence-corrected chi connectivity index (χ2v) is 4.40. The molecule has 0 aliphatic heterocycles. The largest absolute Gasteiger partial charge is 0.330 e. The summed E-state index contributed by atoms with van der Waals surface area (Å²) in [4.78, 5) is 4.38. The third-order valence-electron chi connectivity index (χ3n) is 3.31. The number of nitrogens with zero attached hydrogens (tertiary/aromatic N) is 1. The first-order chi connectivity index (χ1) is 6.18. The van der Waals surface area contributed by atoms with Crippen LogP contribution in [0.3, 0.4) is 0 Å². The van der Waals surface area contributed by atoms with E-state index in [-0.39, 0.29) is 0 Å². The quantitative estimate of drug-likeness (QED) is 0.746. The van der Waals surface area contributed by atoms with Crippen LogP contribution in [0, 0.1) is 11.3 Å². The van der Waals surface area contributed by atoms with E-state index in [1.54, 1.807) is 0 Å². The van der Waals surface area contributed by atoms with E-state index < -0.39 is 0 Å². The normalized spacial score (nSPS) is 30.1. The van der Waals surface area contributed by atoms with Crippen molar-refractivity contribution in [1.82, 2.24) is 4.98 Å². The van der Waals surface area contributed by atoms with Crippen LogP contribution in [0.5, 0.6) is 0 Å². The molecule has 2 rings (SSSR count). The molecule has 0 radical (unpaired) electrons. The number of rotatable bonds is 2. The summed E-state index contributed by atoms with van der Waals surface area (Å²) >= 11 is 0. The minimum absolute atomic E-state index is 0.350. The maximum absolute atomic E-state index is 5.71. The molecule has 1 aromatic heterocycles. The summed E-state index contributed by atoms with van der Waals surface area (Å²) in [5, 5.41) is 0. The minimum atomic E-state index is 0.350. The van der Waals surface area contributed by atoms with Crippen LogP contribution in [-0.4, -0.2) is 11.5 Å². The summed E-state index contributed by atoms with van der Waals surface area (Å²) in [5.74, 6) is 1.18. The van der Waals surface area contributed by atoms with Crippen molar-refractivity contribution < 1.29 is 0 Å². The van der Waals surface area contributed by atoms with Gasteiger partial charge in [-0.15, -0.1) is 0 Å². The molecule has 0 unspecified atom stereocenters. The van der Waals surface area contributed by atoms with Crippen LogP contribution < -0.4 is 5.73 Å². The molecule has 0 spiro atoms. The Morgan fingerprint density at radius 3 is 2.69 bits per heavy atom. The summed E-state index contributed by atoms with van der Waals surface area (Å²) in [6, 6.07) is 6.10. The van der Waals surface area contributed by atoms with Gasteiger partial charge in [0.1, 0.15) is 0 Å². The minimum Gasteiger partial charge on any atom is -0.330 e. The molecular formula is C11H16N2. The zero-order valence-corrected chi connectivity index (χ0v) is 8.20. The van der Waals surface area contributed by atoms with Crippen LogP contribution in [0.25, 0.3) is 0 Å². The average molecular weight is 176 g/mol. The van der Waals surface area contributed by atoms with Crippen molar-refractivity contribution in [1.29, 1.82) is 0 Å². The molecule has 0 amide bonds. The number of hydrogen-bond donors (Lipinski definition) is 1. The maximum atomic E-state index is 5.71. The van der Waals surface area contributed by atoms with Gasteiger partial charge in [0.05, 0.1) is 0 Å². The highest BCUT2D eigenvalue weighted by molar-refractivity contribution is 5.25. The molecule has 2 heteroatoms. The van der Waals surface area contributed by atoms with Gasteiger partial charge in [0.15, 0.2) is 0 Å². The van der Waals surface area contributed by atoms with Gasteiger partial charge >= 0.3 is 0 Å². The summed E-state index contributed by atoms with van der Waals surface area (Å²) in [7, 11) is 0. The monoisotopic (exact) mass is 176 g/mol. The smallest absolute Gasteiger partial charge is 0.0443 e. The predicted octanol–water partition coefficient (Wildman–Crippen LogP) is 1.78. The van der Waals surface area contributed by atoms with E-state index >= 15 is 0 Å². The summed E-state index contributed by atoms with van der Waals surface area (Å²) in [6.07, 6.45) is 1.86. The summed E-state index contributed by atoms with van der Waals surface area (Å²) in [6.45, 7) is 5.31. The van der Waals surface area contributed by atoms with Crippen molar-refractivity contribution in [3.05, 3.63) is 30.1 Å². The lowest BCUT2D eigenvalue weighted by atomic mass is 10.1. The predicted molar refractivity (Wildman–Crippen MR) is 53.3 cm³/mol. The molecule has 1 aliphatic carbocycles. The third kappa shape index (κ3) is 1.25. The third-order valence-corrected chi connectivity index (χ3v) is 3.31. The van der Waals surface area contributed by atoms with Crippen molar-refractivity contribution in [2.45, 2.75) is 19.8 Å². The maximum Gasteiger partial charge on any atom is 0.0443 e. The highest BCUT2D eigenvalue weighted by atomic mass is 14.8. The lowest BCUT2D eigenvalue weighted by molar-refractivity contribution is 0.557. The van der Waals surface area contributed by atoms with Crippen LogP contribution in [0.1, 0.15) is 25.5 Å². The molecule has 0 bridgehead atoms. The topological polar surface area (TPSA) is 38.9 Å². The van der Waals surface area contributed by atoms with Gasteiger partial charge in [0.25, 0.3) is 0 Å². The Labute approximate surface area is 79.2 Å². The molecule has 2 N–H and O–H groups in total. The van der Waals surface area contributed by atoms with Crippen molar-refractivity contribution >= 4 is 0 Å². The van der Waals surface area contributed by atoms with Gasteiger partial charge in [-0.25, -0.2) is 0 Å². The molecule has 1 fully saturated rings. The second-order valence-electron chi connectivity index (χ2n) is 4.40. The van der Waals surface area contributed by atoms with Gasteiger partial charge in [-0.3, -0.25) is 4.98 Å². The number of aromatic nitrogens is 1. The lowest BCUT2D eigenvalue weighted by Crippen LogP contribution is -2.05. The molecule has 1 heterocycles. The second kappa shape index (κ2) is 2.81. The lowest BCUT2D eigenvalue weighted by Gasteiger charge is -2.00. The van der Waals surface area contributed by atoms with Crippen molar-refractivity contribution in [2.24, 2.45) is 17.1 Å². The Morgan fingerprint density at radius 1 is 1.46 bits per heavy atom. The molecule has 1 saturated carbocycles. The first kappa shape index (κ1) is 8.70. The van der Waals surface area contributed by atoms with Gasteiger partial charge in [-0.2, -0.15) is 0 Å². The van der Waals surface area contributed by atoms with E-state index in [9.17, 15) is 0 Å². The standard InChI is InChI=1S/C11H16N2/c1-11(2)8(7-12)10(11)9-5-3-4-6-13-9/h3-6,8,10H,7,12H2,1-2H3/t8-,10+/m0/s1. The fraction of sp³-hybridized carbons (Fsp3) is 0.545. The molecule has 13 heavy (non-hydrogen) atoms. The van der Waals surface area contributed by atoms with E-state index in [2.05, 4.69) is 24.9 Å². The van der Waals surface area contributed by atoms with E-state index in [1.807, 2.05) is 18.3 Å². The van der Waals surface area contributed by atoms with Crippen LogP contribution in [0.2, 0.25) is 0 Å². The Hall–Kier alpha value is -0.890. The van der Waals surface area contributed by atoms with E-state index in [1.165, 1.54) is 5.69 Å². The summed E-state index contributed by atoms with van der Waals surface area (Å²) < 4.78 is 0. The highest BCUT2D eigenvalue weighted by Crippen LogP contribution is 2.63. The van der Waals surface area contributed by atoms with Crippen molar-refractivity contribution in [3.63, 3.8) is 0 Å². The molecule has 2 atom stereocenters. The van der Waals surface area contributed by atoms with Gasteiger partial charge in [0.2, 0.25) is 0 Å². The first-order valence-corrected chi connectivity index (χ1v) is 4.79. The molecule has 1 aliphatic rings. The zero-order chi connectivity index (χ0) is 9.47. The van der Waals surface area contributed by atoms with E-state index in [4.69, 9.17) is 5.73 Å². The summed E-state index contributed by atoms with van der Waals surface area (Å²) in [5.41, 5.74) is 7.26. The Morgan fingerprint density at radius 2 is 2.23 bits per heavy atom. The Kier molecular flexibility index (Phi) is 1.88. The van der Waals surface area contributed by atoms with Crippen LogP contribution >= 0.6 is 0 Å². The average Bonchev–Trinajstić information content (AvgIpc) is 2.69. The molecular weight excluding hydrogens is 160 g/mol. The fourth-order valence-electron chi connectivity index (χ4n) is 2.33. The molecule has 70 valence electrons. The van der Waals surface area contributed by atoms with Crippen LogP contribution in [-0.2, 0) is 0 Å². The van der Waals surface area contributed by atoms with E-state index in [0.29, 0.717) is 17.3 Å². The molecule has 2 nitrogen and oxygen atoms in total. The van der Waals surface area contributed by atoms with Gasteiger partial charge < -0.3 is 5.73 Å². The van der Waals surface area contributed by atoms with Gasteiger partial charge in [-0.1, -0.05) is 19.9 Å². The number of hydrogen-bond acceptors (Lipinski definition) is 2. The van der Waals surface area contributed by atoms with E-state index in [0.717, 1.165) is 6.54 Å².